The molecule has 0 saturated carbocycles. The Hall–Kier alpha value is -2.48. The van der Waals surface area contributed by atoms with Crippen LogP contribution in [0.5, 0.6) is 0 Å². The number of hydrogen-bond donors (Lipinski definition) is 1. The van der Waals surface area contributed by atoms with Crippen molar-refractivity contribution < 1.29 is 9.90 Å². The number of imidazole rings is 1. The number of aryl methyl sites for hydroxylation is 2. The van der Waals surface area contributed by atoms with Crippen molar-refractivity contribution in [3.63, 3.8) is 0 Å². The average molecular weight is 344 g/mol. The molecule has 0 radical (unpaired) electrons. The molecule has 0 aliphatic carbocycles. The summed E-state index contributed by atoms with van der Waals surface area (Å²) in [5.74, 6) is 0.600. The molecule has 0 amide bonds. The predicted octanol–water partition coefficient (Wildman–Crippen LogP) is 1.28. The van der Waals surface area contributed by atoms with Crippen molar-refractivity contribution in [1.82, 2.24) is 24.4 Å². The normalized spacial score (nSPS) is 15.5. The second kappa shape index (κ2) is 8.06. The van der Waals surface area contributed by atoms with Gasteiger partial charge in [0, 0.05) is 51.3 Å². The van der Waals surface area contributed by atoms with E-state index in [4.69, 9.17) is 5.11 Å². The van der Waals surface area contributed by atoms with Crippen LogP contribution in [-0.2, 0) is 6.54 Å². The number of hydrogen-bond acceptors (Lipinski definition) is 6. The maximum absolute atomic E-state index is 10.9. The van der Waals surface area contributed by atoms with E-state index in [0.29, 0.717) is 0 Å². The maximum atomic E-state index is 10.9. The van der Waals surface area contributed by atoms with E-state index in [1.165, 1.54) is 0 Å². The Labute approximate surface area is 147 Å². The van der Waals surface area contributed by atoms with Gasteiger partial charge in [0.15, 0.2) is 5.69 Å². The van der Waals surface area contributed by atoms with Crippen LogP contribution in [0, 0.1) is 6.92 Å². The summed E-state index contributed by atoms with van der Waals surface area (Å²) < 4.78 is 1.92. The number of unbranched alkanes of at least 4 members (excludes halogenated alkanes) is 1. The van der Waals surface area contributed by atoms with Crippen molar-refractivity contribution >= 4 is 11.9 Å². The lowest BCUT2D eigenvalue weighted by Crippen LogP contribution is -2.47. The second-order valence-electron chi connectivity index (χ2n) is 6.26. The Balaban J connectivity index is 1.37. The van der Waals surface area contributed by atoms with Gasteiger partial charge in [-0.2, -0.15) is 0 Å². The fourth-order valence-corrected chi connectivity index (χ4v) is 3.08. The standard InChI is InChI=1S/C17H24N6O2/c1-14-20-15(16(24)25)13-23(14)8-3-2-7-21-9-11-22(12-10-21)17-18-5-4-6-19-17/h4-6,13H,2-3,7-12H2,1H3,(H,24,25). The summed E-state index contributed by atoms with van der Waals surface area (Å²) in [5, 5.41) is 8.97. The molecule has 134 valence electrons. The Morgan fingerprint density at radius 3 is 2.44 bits per heavy atom. The van der Waals surface area contributed by atoms with Crippen LogP contribution >= 0.6 is 0 Å². The summed E-state index contributed by atoms with van der Waals surface area (Å²) in [5.41, 5.74) is 0.122. The van der Waals surface area contributed by atoms with Gasteiger partial charge in [0.1, 0.15) is 5.82 Å². The zero-order chi connectivity index (χ0) is 17.6. The van der Waals surface area contributed by atoms with Crippen molar-refractivity contribution in [2.45, 2.75) is 26.3 Å². The number of piperazine rings is 1. The highest BCUT2D eigenvalue weighted by Gasteiger charge is 2.18. The largest absolute Gasteiger partial charge is 0.476 e. The van der Waals surface area contributed by atoms with Crippen LogP contribution < -0.4 is 4.90 Å². The van der Waals surface area contributed by atoms with Gasteiger partial charge in [0.05, 0.1) is 0 Å². The number of carboxylic acids is 1. The van der Waals surface area contributed by atoms with Gasteiger partial charge in [-0.1, -0.05) is 0 Å². The van der Waals surface area contributed by atoms with Crippen molar-refractivity contribution in [3.05, 3.63) is 36.2 Å². The number of carbonyl (C=O) groups is 1. The molecule has 3 heterocycles. The van der Waals surface area contributed by atoms with Crippen LogP contribution in [0.25, 0.3) is 0 Å². The first-order valence-corrected chi connectivity index (χ1v) is 8.65. The third-order valence-corrected chi connectivity index (χ3v) is 4.53. The Bertz CT molecular complexity index is 694. The Morgan fingerprint density at radius 1 is 1.12 bits per heavy atom. The second-order valence-corrected chi connectivity index (χ2v) is 6.26. The lowest BCUT2D eigenvalue weighted by atomic mass is 10.2. The topological polar surface area (TPSA) is 87.4 Å². The highest BCUT2D eigenvalue weighted by atomic mass is 16.4. The van der Waals surface area contributed by atoms with E-state index >= 15 is 0 Å². The fraction of sp³-hybridized carbons (Fsp3) is 0.529. The molecule has 1 saturated heterocycles. The smallest absolute Gasteiger partial charge is 0.356 e. The van der Waals surface area contributed by atoms with E-state index in [1.54, 1.807) is 18.6 Å². The van der Waals surface area contributed by atoms with Gasteiger partial charge < -0.3 is 14.6 Å². The zero-order valence-corrected chi connectivity index (χ0v) is 14.5. The minimum Gasteiger partial charge on any atom is -0.476 e. The quantitative estimate of drug-likeness (QED) is 0.757. The molecular formula is C17H24N6O2. The van der Waals surface area contributed by atoms with E-state index in [-0.39, 0.29) is 5.69 Å². The predicted molar refractivity (Wildman–Crippen MR) is 93.8 cm³/mol. The minimum absolute atomic E-state index is 0.122. The van der Waals surface area contributed by atoms with Gasteiger partial charge in [0.2, 0.25) is 5.95 Å². The SMILES string of the molecule is Cc1nc(C(=O)O)cn1CCCCN1CCN(c2ncccn2)CC1. The summed E-state index contributed by atoms with van der Waals surface area (Å²) >= 11 is 0. The van der Waals surface area contributed by atoms with Gasteiger partial charge in [-0.15, -0.1) is 0 Å². The molecule has 0 bridgehead atoms. The summed E-state index contributed by atoms with van der Waals surface area (Å²) in [6.45, 7) is 7.65. The highest BCUT2D eigenvalue weighted by Crippen LogP contribution is 2.11. The summed E-state index contributed by atoms with van der Waals surface area (Å²) in [6, 6.07) is 1.83. The molecule has 0 spiro atoms. The van der Waals surface area contributed by atoms with Crippen molar-refractivity contribution in [3.8, 4) is 0 Å². The number of anilines is 1. The van der Waals surface area contributed by atoms with Crippen LogP contribution in [-0.4, -0.2) is 68.2 Å². The molecule has 25 heavy (non-hydrogen) atoms. The number of aromatic nitrogens is 4. The molecule has 2 aromatic heterocycles. The molecule has 8 heteroatoms. The number of aromatic carboxylic acids is 1. The molecule has 1 N–H and O–H groups in total. The molecule has 2 aromatic rings. The van der Waals surface area contributed by atoms with Crippen molar-refractivity contribution in [2.24, 2.45) is 0 Å². The number of carboxylic acid groups (broad SMARTS) is 1. The monoisotopic (exact) mass is 344 g/mol. The lowest BCUT2D eigenvalue weighted by Gasteiger charge is -2.34. The average Bonchev–Trinajstić information content (AvgIpc) is 3.01. The fourth-order valence-electron chi connectivity index (χ4n) is 3.08. The maximum Gasteiger partial charge on any atom is 0.356 e. The summed E-state index contributed by atoms with van der Waals surface area (Å²) in [7, 11) is 0. The molecule has 3 rings (SSSR count). The van der Waals surface area contributed by atoms with Crippen molar-refractivity contribution in [2.75, 3.05) is 37.6 Å². The molecule has 1 fully saturated rings. The number of rotatable bonds is 7. The van der Waals surface area contributed by atoms with Gasteiger partial charge >= 0.3 is 5.97 Å². The van der Waals surface area contributed by atoms with Gasteiger partial charge in [-0.3, -0.25) is 4.90 Å². The molecule has 1 aliphatic heterocycles. The molecule has 1 aliphatic rings. The van der Waals surface area contributed by atoms with E-state index in [9.17, 15) is 4.79 Å². The third kappa shape index (κ3) is 4.54. The first kappa shape index (κ1) is 17.3. The van der Waals surface area contributed by atoms with Gasteiger partial charge in [0.25, 0.3) is 0 Å². The van der Waals surface area contributed by atoms with E-state index in [1.807, 2.05) is 17.6 Å². The first-order valence-electron chi connectivity index (χ1n) is 8.65. The summed E-state index contributed by atoms with van der Waals surface area (Å²) in [4.78, 5) is 28.3. The highest BCUT2D eigenvalue weighted by molar-refractivity contribution is 5.85. The molecule has 0 unspecified atom stereocenters. The molecular weight excluding hydrogens is 320 g/mol. The third-order valence-electron chi connectivity index (χ3n) is 4.53. The Morgan fingerprint density at radius 2 is 1.80 bits per heavy atom. The Kier molecular flexibility index (Phi) is 5.60. The van der Waals surface area contributed by atoms with Crippen LogP contribution in [0.3, 0.4) is 0 Å². The van der Waals surface area contributed by atoms with Crippen LogP contribution in [0.1, 0.15) is 29.2 Å². The van der Waals surface area contributed by atoms with Crippen molar-refractivity contribution in [1.29, 1.82) is 0 Å². The molecule has 0 atom stereocenters. The summed E-state index contributed by atoms with van der Waals surface area (Å²) in [6.07, 6.45) is 7.28. The van der Waals surface area contributed by atoms with Gasteiger partial charge in [-0.25, -0.2) is 19.7 Å². The van der Waals surface area contributed by atoms with E-state index in [0.717, 1.165) is 63.9 Å². The van der Waals surface area contributed by atoms with Crippen LogP contribution in [0.2, 0.25) is 0 Å². The zero-order valence-electron chi connectivity index (χ0n) is 14.5. The number of nitrogens with zero attached hydrogens (tertiary/aromatic N) is 6. The van der Waals surface area contributed by atoms with Crippen LogP contribution in [0.15, 0.2) is 24.7 Å². The van der Waals surface area contributed by atoms with Crippen LogP contribution in [0.4, 0.5) is 5.95 Å². The first-order chi connectivity index (χ1) is 12.1. The van der Waals surface area contributed by atoms with Gasteiger partial charge in [-0.05, 0) is 32.4 Å². The molecule has 8 nitrogen and oxygen atoms in total. The minimum atomic E-state index is -0.970. The lowest BCUT2D eigenvalue weighted by molar-refractivity contribution is 0.0691. The molecule has 0 aromatic carbocycles. The van der Waals surface area contributed by atoms with E-state index < -0.39 is 5.97 Å². The van der Waals surface area contributed by atoms with E-state index in [2.05, 4.69) is 24.8 Å².